The highest BCUT2D eigenvalue weighted by Crippen LogP contribution is 2.43. The number of ether oxygens (including phenoxy) is 5. The second-order valence-corrected chi connectivity index (χ2v) is 11.7. The van der Waals surface area contributed by atoms with E-state index >= 15 is 0 Å². The number of thioether (sulfide) groups is 1. The molecule has 2 N–H and O–H groups in total. The number of fused-ring (bicyclic) bond motifs is 1. The van der Waals surface area contributed by atoms with Crippen molar-refractivity contribution in [1.29, 1.82) is 0 Å². The molecule has 2 amide bonds. The first-order valence-electron chi connectivity index (χ1n) is 11.9. The van der Waals surface area contributed by atoms with Gasteiger partial charge in [0.1, 0.15) is 23.9 Å². The summed E-state index contributed by atoms with van der Waals surface area (Å²) in [5.41, 5.74) is -1.22. The van der Waals surface area contributed by atoms with E-state index < -0.39 is 40.3 Å². The SMILES string of the molecule is CC(SCCOC(=O)NC[C@H](NC(=O)OC(C)(C)C)C(=O)OC(C)(C)C)c1cc2c(cc1[N+](=O)[O-])OCO2. The molecule has 0 aliphatic carbocycles. The molecule has 212 valence electrons. The van der Waals surface area contributed by atoms with Crippen LogP contribution in [0, 0.1) is 10.1 Å². The maximum absolute atomic E-state index is 12.5. The quantitative estimate of drug-likeness (QED) is 0.140. The summed E-state index contributed by atoms with van der Waals surface area (Å²) in [6.45, 7) is 11.5. The lowest BCUT2D eigenvalue weighted by molar-refractivity contribution is -0.385. The second kappa shape index (κ2) is 12.9. The Bertz CT molecular complexity index is 1040. The summed E-state index contributed by atoms with van der Waals surface area (Å²) in [6, 6.07) is 1.71. The van der Waals surface area contributed by atoms with E-state index in [0.717, 1.165) is 0 Å². The number of esters is 1. The summed E-state index contributed by atoms with van der Waals surface area (Å²) in [5.74, 6) is 0.348. The summed E-state index contributed by atoms with van der Waals surface area (Å²) in [7, 11) is 0. The molecule has 38 heavy (non-hydrogen) atoms. The molecule has 1 aromatic carbocycles. The van der Waals surface area contributed by atoms with E-state index in [1.807, 2.05) is 0 Å². The molecule has 1 aliphatic heterocycles. The van der Waals surface area contributed by atoms with Crippen LogP contribution in [0.25, 0.3) is 0 Å². The Morgan fingerprint density at radius 2 is 1.66 bits per heavy atom. The molecule has 2 rings (SSSR count). The summed E-state index contributed by atoms with van der Waals surface area (Å²) in [5, 5.41) is 16.0. The van der Waals surface area contributed by atoms with Crippen molar-refractivity contribution in [2.45, 2.75) is 71.0 Å². The first-order chi connectivity index (χ1) is 17.6. The molecular formula is C24H35N3O10S. The van der Waals surface area contributed by atoms with Crippen LogP contribution in [-0.2, 0) is 19.0 Å². The third kappa shape index (κ3) is 10.1. The average molecular weight is 558 g/mol. The zero-order valence-electron chi connectivity index (χ0n) is 22.6. The Morgan fingerprint density at radius 3 is 2.24 bits per heavy atom. The van der Waals surface area contributed by atoms with E-state index in [1.165, 1.54) is 17.8 Å². The molecule has 14 heteroatoms. The highest BCUT2D eigenvalue weighted by atomic mass is 32.2. The molecule has 1 heterocycles. The number of nitro benzene ring substituents is 1. The number of nitrogens with one attached hydrogen (secondary N) is 2. The van der Waals surface area contributed by atoms with Gasteiger partial charge in [-0.15, -0.1) is 0 Å². The van der Waals surface area contributed by atoms with Crippen molar-refractivity contribution in [1.82, 2.24) is 10.6 Å². The van der Waals surface area contributed by atoms with E-state index in [9.17, 15) is 24.5 Å². The number of amides is 2. The smallest absolute Gasteiger partial charge is 0.408 e. The standard InChI is InChI=1S/C24H35N3O10S/c1-14(15-10-18-19(35-13-34-18)11-17(15)27(31)32)38-9-8-33-21(29)25-12-16(20(28)36-23(2,3)4)26-22(30)37-24(5,6)7/h10-11,14,16H,8-9,12-13H2,1-7H3,(H,25,29)(H,26,30)/t14?,16-/m0/s1. The van der Waals surface area contributed by atoms with Gasteiger partial charge in [0.15, 0.2) is 11.5 Å². The predicted octanol–water partition coefficient (Wildman–Crippen LogP) is 4.08. The van der Waals surface area contributed by atoms with Crippen LogP contribution >= 0.6 is 11.8 Å². The molecule has 0 radical (unpaired) electrons. The lowest BCUT2D eigenvalue weighted by Gasteiger charge is -2.26. The number of carbonyl (C=O) groups excluding carboxylic acids is 3. The number of hydrogen-bond donors (Lipinski definition) is 2. The minimum Gasteiger partial charge on any atom is -0.458 e. The van der Waals surface area contributed by atoms with Crippen LogP contribution in [0.3, 0.4) is 0 Å². The molecule has 13 nitrogen and oxygen atoms in total. The van der Waals surface area contributed by atoms with Crippen molar-refractivity contribution >= 4 is 35.6 Å². The van der Waals surface area contributed by atoms with Gasteiger partial charge in [-0.2, -0.15) is 11.8 Å². The maximum atomic E-state index is 12.5. The van der Waals surface area contributed by atoms with Crippen LogP contribution in [0.1, 0.15) is 59.3 Å². The molecule has 0 bridgehead atoms. The highest BCUT2D eigenvalue weighted by molar-refractivity contribution is 7.99. The zero-order valence-corrected chi connectivity index (χ0v) is 23.4. The first kappa shape index (κ1) is 30.8. The van der Waals surface area contributed by atoms with Crippen molar-refractivity contribution in [2.75, 3.05) is 25.7 Å². The third-order valence-electron chi connectivity index (χ3n) is 4.67. The van der Waals surface area contributed by atoms with Gasteiger partial charge in [-0.05, 0) is 54.5 Å². The van der Waals surface area contributed by atoms with Gasteiger partial charge in [0.2, 0.25) is 6.79 Å². The van der Waals surface area contributed by atoms with Crippen LogP contribution in [0.5, 0.6) is 11.5 Å². The molecule has 1 unspecified atom stereocenters. The van der Waals surface area contributed by atoms with E-state index in [0.29, 0.717) is 22.8 Å². The molecule has 2 atom stereocenters. The Hall–Kier alpha value is -3.42. The van der Waals surface area contributed by atoms with Gasteiger partial charge in [-0.25, -0.2) is 14.4 Å². The van der Waals surface area contributed by atoms with Crippen molar-refractivity contribution in [3.63, 3.8) is 0 Å². The number of nitrogens with zero attached hydrogens (tertiary/aromatic N) is 1. The van der Waals surface area contributed by atoms with Gasteiger partial charge in [0, 0.05) is 16.6 Å². The Balaban J connectivity index is 1.87. The van der Waals surface area contributed by atoms with Gasteiger partial charge < -0.3 is 34.3 Å². The maximum Gasteiger partial charge on any atom is 0.408 e. The topological polar surface area (TPSA) is 165 Å². The molecule has 0 saturated heterocycles. The van der Waals surface area contributed by atoms with E-state index in [-0.39, 0.29) is 30.9 Å². The second-order valence-electron chi connectivity index (χ2n) is 10.3. The van der Waals surface area contributed by atoms with Gasteiger partial charge in [0.05, 0.1) is 17.5 Å². The zero-order chi connectivity index (χ0) is 28.7. The molecule has 1 aromatic rings. The fourth-order valence-electron chi connectivity index (χ4n) is 3.13. The number of nitro groups is 1. The lowest BCUT2D eigenvalue weighted by Crippen LogP contribution is -2.51. The van der Waals surface area contributed by atoms with Gasteiger partial charge in [-0.1, -0.05) is 0 Å². The molecular weight excluding hydrogens is 522 g/mol. The number of carbonyl (C=O) groups is 3. The van der Waals surface area contributed by atoms with E-state index in [1.54, 1.807) is 54.5 Å². The fraction of sp³-hybridized carbons (Fsp3) is 0.625. The first-order valence-corrected chi connectivity index (χ1v) is 12.9. The van der Waals surface area contributed by atoms with E-state index in [2.05, 4.69) is 10.6 Å². The Kier molecular flexibility index (Phi) is 10.5. The summed E-state index contributed by atoms with van der Waals surface area (Å²) < 4.78 is 26.2. The number of rotatable bonds is 10. The largest absolute Gasteiger partial charge is 0.458 e. The normalized spacial score (nSPS) is 14.2. The van der Waals surface area contributed by atoms with Crippen molar-refractivity contribution in [3.05, 3.63) is 27.8 Å². The van der Waals surface area contributed by atoms with Crippen LogP contribution in [0.2, 0.25) is 0 Å². The average Bonchev–Trinajstić information content (AvgIpc) is 3.23. The summed E-state index contributed by atoms with van der Waals surface area (Å²) in [6.07, 6.45) is -1.65. The third-order valence-corrected chi connectivity index (χ3v) is 5.83. The van der Waals surface area contributed by atoms with Crippen LogP contribution in [0.15, 0.2) is 12.1 Å². The minimum atomic E-state index is -1.21. The van der Waals surface area contributed by atoms with Crippen molar-refractivity contribution in [3.8, 4) is 11.5 Å². The monoisotopic (exact) mass is 557 g/mol. The number of hydrogen-bond acceptors (Lipinski definition) is 11. The molecule has 0 spiro atoms. The molecule has 0 fully saturated rings. The van der Waals surface area contributed by atoms with E-state index in [4.69, 9.17) is 23.7 Å². The summed E-state index contributed by atoms with van der Waals surface area (Å²) >= 11 is 1.34. The van der Waals surface area contributed by atoms with Crippen LogP contribution < -0.4 is 20.1 Å². The Morgan fingerprint density at radius 1 is 1.05 bits per heavy atom. The molecule has 0 saturated carbocycles. The van der Waals surface area contributed by atoms with Crippen LogP contribution in [-0.4, -0.2) is 66.0 Å². The van der Waals surface area contributed by atoms with Gasteiger partial charge >= 0.3 is 18.2 Å². The minimum absolute atomic E-state index is 0.00248. The molecule has 0 aromatic heterocycles. The van der Waals surface area contributed by atoms with Crippen molar-refractivity contribution < 1.29 is 43.0 Å². The number of alkyl carbamates (subject to hydrolysis) is 2. The predicted molar refractivity (Wildman–Crippen MR) is 138 cm³/mol. The lowest BCUT2D eigenvalue weighted by atomic mass is 10.1. The fourth-order valence-corrected chi connectivity index (χ4v) is 4.03. The van der Waals surface area contributed by atoms with Gasteiger partial charge in [-0.3, -0.25) is 10.1 Å². The number of benzene rings is 1. The Labute approximate surface area is 225 Å². The van der Waals surface area contributed by atoms with Gasteiger partial charge in [0.25, 0.3) is 5.69 Å². The van der Waals surface area contributed by atoms with Crippen LogP contribution in [0.4, 0.5) is 15.3 Å². The van der Waals surface area contributed by atoms with Crippen molar-refractivity contribution in [2.24, 2.45) is 0 Å². The summed E-state index contributed by atoms with van der Waals surface area (Å²) in [4.78, 5) is 47.9. The molecule has 1 aliphatic rings. The highest BCUT2D eigenvalue weighted by Gasteiger charge is 2.30.